The van der Waals surface area contributed by atoms with Gasteiger partial charge in [-0.05, 0) is 30.7 Å². The molecule has 10 heteroatoms. The van der Waals surface area contributed by atoms with Crippen molar-refractivity contribution in [2.45, 2.75) is 12.5 Å². The van der Waals surface area contributed by atoms with E-state index in [9.17, 15) is 23.3 Å². The number of rotatable bonds is 5. The third kappa shape index (κ3) is 4.86. The molecule has 2 saturated heterocycles. The number of nitrogens with zero attached hydrogens (tertiary/aromatic N) is 3. The molecule has 0 aromatic heterocycles. The van der Waals surface area contributed by atoms with Crippen LogP contribution in [0.5, 0.6) is 0 Å². The lowest BCUT2D eigenvalue weighted by molar-refractivity contribution is -0.383. The molecule has 2 aromatic carbocycles. The molecule has 31 heavy (non-hydrogen) atoms. The van der Waals surface area contributed by atoms with E-state index in [0.29, 0.717) is 38.3 Å². The number of anilines is 2. The number of carbonyl (C=O) groups excluding carboxylic acids is 1. The molecular formula is C21H24N4O5S. The van der Waals surface area contributed by atoms with Crippen LogP contribution in [0.1, 0.15) is 16.8 Å². The predicted octanol–water partition coefficient (Wildman–Crippen LogP) is 2.28. The number of amides is 1. The summed E-state index contributed by atoms with van der Waals surface area (Å²) in [6.45, 7) is 2.13. The zero-order valence-corrected chi connectivity index (χ0v) is 17.8. The standard InChI is InChI=1S/C21H24N4O5S/c26-21(24-11-9-23(10-12-24)18-8-13-31(29,30)15-18)16-6-7-19(20(14-16)25(27)28)22-17-4-2-1-3-5-17/h1-7,14,18,22H,8-13,15H2. The Morgan fingerprint density at radius 3 is 2.39 bits per heavy atom. The van der Waals surface area contributed by atoms with Crippen molar-refractivity contribution in [1.29, 1.82) is 0 Å². The number of benzene rings is 2. The number of para-hydroxylation sites is 1. The minimum atomic E-state index is -2.95. The Hall–Kier alpha value is -2.98. The Morgan fingerprint density at radius 1 is 1.06 bits per heavy atom. The molecular weight excluding hydrogens is 420 g/mol. The van der Waals surface area contributed by atoms with Crippen molar-refractivity contribution in [3.63, 3.8) is 0 Å². The minimum absolute atomic E-state index is 0.0201. The highest BCUT2D eigenvalue weighted by Crippen LogP contribution is 2.29. The summed E-state index contributed by atoms with van der Waals surface area (Å²) in [6, 6.07) is 13.6. The maximum absolute atomic E-state index is 12.9. The number of nitrogens with one attached hydrogen (secondary N) is 1. The van der Waals surface area contributed by atoms with E-state index in [2.05, 4.69) is 10.2 Å². The van der Waals surface area contributed by atoms with Crippen LogP contribution in [0.4, 0.5) is 17.1 Å². The first-order valence-corrected chi connectivity index (χ1v) is 12.0. The summed E-state index contributed by atoms with van der Waals surface area (Å²) < 4.78 is 23.4. The molecule has 1 unspecified atom stereocenters. The predicted molar refractivity (Wildman–Crippen MR) is 117 cm³/mol. The van der Waals surface area contributed by atoms with Gasteiger partial charge in [0.15, 0.2) is 9.84 Å². The first-order valence-electron chi connectivity index (χ1n) is 10.2. The van der Waals surface area contributed by atoms with Gasteiger partial charge < -0.3 is 10.2 Å². The average Bonchev–Trinajstić information content (AvgIpc) is 3.14. The number of nitro benzene ring substituents is 1. The summed E-state index contributed by atoms with van der Waals surface area (Å²) in [6.07, 6.45) is 0.637. The molecule has 2 aliphatic rings. The zero-order valence-electron chi connectivity index (χ0n) is 16.9. The summed E-state index contributed by atoms with van der Waals surface area (Å²) in [7, 11) is -2.95. The van der Waals surface area contributed by atoms with Gasteiger partial charge in [0.1, 0.15) is 5.69 Å². The fourth-order valence-corrected chi connectivity index (χ4v) is 5.90. The molecule has 2 fully saturated rings. The number of nitro groups is 1. The summed E-state index contributed by atoms with van der Waals surface area (Å²) in [4.78, 5) is 27.8. The second-order valence-electron chi connectivity index (χ2n) is 7.87. The molecule has 2 heterocycles. The molecule has 1 amide bonds. The molecule has 0 spiro atoms. The van der Waals surface area contributed by atoms with Crippen molar-refractivity contribution in [2.24, 2.45) is 0 Å². The smallest absolute Gasteiger partial charge is 0.293 e. The van der Waals surface area contributed by atoms with E-state index in [1.807, 2.05) is 18.2 Å². The van der Waals surface area contributed by atoms with Crippen LogP contribution in [0.25, 0.3) is 0 Å². The highest BCUT2D eigenvalue weighted by Gasteiger charge is 2.34. The van der Waals surface area contributed by atoms with Gasteiger partial charge >= 0.3 is 0 Å². The maximum atomic E-state index is 12.9. The van der Waals surface area contributed by atoms with Crippen molar-refractivity contribution >= 4 is 32.8 Å². The van der Waals surface area contributed by atoms with Crippen molar-refractivity contribution in [1.82, 2.24) is 9.80 Å². The van der Waals surface area contributed by atoms with E-state index >= 15 is 0 Å². The highest BCUT2D eigenvalue weighted by atomic mass is 32.2. The van der Waals surface area contributed by atoms with Gasteiger partial charge in [0.2, 0.25) is 0 Å². The van der Waals surface area contributed by atoms with Crippen LogP contribution < -0.4 is 5.32 Å². The van der Waals surface area contributed by atoms with E-state index in [4.69, 9.17) is 0 Å². The van der Waals surface area contributed by atoms with Gasteiger partial charge in [-0.2, -0.15) is 0 Å². The first kappa shape index (κ1) is 21.3. The Kier molecular flexibility index (Phi) is 5.92. The molecule has 0 radical (unpaired) electrons. The molecule has 1 N–H and O–H groups in total. The quantitative estimate of drug-likeness (QED) is 0.556. The summed E-state index contributed by atoms with van der Waals surface area (Å²) >= 11 is 0. The molecule has 2 aliphatic heterocycles. The Morgan fingerprint density at radius 2 is 1.77 bits per heavy atom. The summed E-state index contributed by atoms with van der Waals surface area (Å²) in [5.41, 5.74) is 1.14. The monoisotopic (exact) mass is 444 g/mol. The average molecular weight is 445 g/mol. The fraction of sp³-hybridized carbons (Fsp3) is 0.381. The molecule has 0 aliphatic carbocycles. The topological polar surface area (TPSA) is 113 Å². The van der Waals surface area contributed by atoms with E-state index < -0.39 is 14.8 Å². The molecule has 164 valence electrons. The number of hydrogen-bond donors (Lipinski definition) is 1. The molecule has 9 nitrogen and oxygen atoms in total. The lowest BCUT2D eigenvalue weighted by Crippen LogP contribution is -2.52. The van der Waals surface area contributed by atoms with Crippen molar-refractivity contribution < 1.29 is 18.1 Å². The number of piperazine rings is 1. The van der Waals surface area contributed by atoms with Crippen molar-refractivity contribution in [2.75, 3.05) is 43.0 Å². The number of hydrogen-bond acceptors (Lipinski definition) is 7. The SMILES string of the molecule is O=C(c1ccc(Nc2ccccc2)c([N+](=O)[O-])c1)N1CCN(C2CCS(=O)(=O)C2)CC1. The highest BCUT2D eigenvalue weighted by molar-refractivity contribution is 7.91. The van der Waals surface area contributed by atoms with Crippen LogP contribution in [0, 0.1) is 10.1 Å². The lowest BCUT2D eigenvalue weighted by atomic mass is 10.1. The van der Waals surface area contributed by atoms with E-state index in [0.717, 1.165) is 5.69 Å². The van der Waals surface area contributed by atoms with E-state index in [-0.39, 0.29) is 34.7 Å². The molecule has 4 rings (SSSR count). The maximum Gasteiger partial charge on any atom is 0.293 e. The largest absolute Gasteiger partial charge is 0.350 e. The van der Waals surface area contributed by atoms with Gasteiger partial charge in [0.25, 0.3) is 11.6 Å². The lowest BCUT2D eigenvalue weighted by Gasteiger charge is -2.37. The molecule has 1 atom stereocenters. The van der Waals surface area contributed by atoms with Crippen LogP contribution in [0.3, 0.4) is 0 Å². The number of carbonyl (C=O) groups is 1. The van der Waals surface area contributed by atoms with E-state index in [1.54, 1.807) is 29.2 Å². The van der Waals surface area contributed by atoms with Crippen molar-refractivity contribution in [3.05, 3.63) is 64.2 Å². The van der Waals surface area contributed by atoms with Gasteiger partial charge in [-0.1, -0.05) is 18.2 Å². The number of sulfone groups is 1. The van der Waals surface area contributed by atoms with Gasteiger partial charge in [0, 0.05) is 49.5 Å². The summed E-state index contributed by atoms with van der Waals surface area (Å²) in [5.74, 6) is 0.153. The Balaban J connectivity index is 1.44. The van der Waals surface area contributed by atoms with Crippen LogP contribution in [0.2, 0.25) is 0 Å². The molecule has 2 aromatic rings. The van der Waals surface area contributed by atoms with Crippen molar-refractivity contribution in [3.8, 4) is 0 Å². The normalized spacial score (nSPS) is 21.0. The summed E-state index contributed by atoms with van der Waals surface area (Å²) in [5, 5.41) is 14.6. The second-order valence-corrected chi connectivity index (χ2v) is 10.1. The first-order chi connectivity index (χ1) is 14.8. The molecule has 0 saturated carbocycles. The minimum Gasteiger partial charge on any atom is -0.350 e. The molecule has 0 bridgehead atoms. The Bertz CT molecular complexity index is 1080. The third-order valence-corrected chi connectivity index (χ3v) is 7.57. The van der Waals surface area contributed by atoms with Crippen LogP contribution in [0.15, 0.2) is 48.5 Å². The second kappa shape index (κ2) is 8.64. The Labute approximate surface area is 180 Å². The van der Waals surface area contributed by atoms with Gasteiger partial charge in [0.05, 0.1) is 16.4 Å². The third-order valence-electron chi connectivity index (χ3n) is 5.82. The van der Waals surface area contributed by atoms with Crippen LogP contribution in [-0.4, -0.2) is 72.8 Å². The van der Waals surface area contributed by atoms with Gasteiger partial charge in [-0.3, -0.25) is 19.8 Å². The van der Waals surface area contributed by atoms with Gasteiger partial charge in [-0.25, -0.2) is 8.42 Å². The van der Waals surface area contributed by atoms with Crippen LogP contribution in [-0.2, 0) is 9.84 Å². The van der Waals surface area contributed by atoms with Gasteiger partial charge in [-0.15, -0.1) is 0 Å². The van der Waals surface area contributed by atoms with E-state index in [1.165, 1.54) is 6.07 Å². The fourth-order valence-electron chi connectivity index (χ4n) is 4.13. The zero-order chi connectivity index (χ0) is 22.0. The van der Waals surface area contributed by atoms with Crippen LogP contribution >= 0.6 is 0 Å².